The van der Waals surface area contributed by atoms with Crippen molar-refractivity contribution in [3.63, 3.8) is 0 Å². The lowest BCUT2D eigenvalue weighted by atomic mass is 10.1. The Hall–Kier alpha value is -1.81. The van der Waals surface area contributed by atoms with Crippen LogP contribution in [0.1, 0.15) is 39.7 Å². The number of hydrogen-bond acceptors (Lipinski definition) is 3. The van der Waals surface area contributed by atoms with Gasteiger partial charge < -0.3 is 4.74 Å². The van der Waals surface area contributed by atoms with Crippen molar-refractivity contribution in [3.05, 3.63) is 47.2 Å². The largest absolute Gasteiger partial charge is 0.443 e. The topological polar surface area (TPSA) is 32.8 Å². The van der Waals surface area contributed by atoms with Crippen molar-refractivity contribution in [1.82, 2.24) is 9.80 Å². The Labute approximate surface area is 139 Å². The normalized spacial score (nSPS) is 16.4. The first-order valence-corrected chi connectivity index (χ1v) is 8.18. The smallest absolute Gasteiger partial charge is 0.414 e. The Morgan fingerprint density at radius 3 is 2.52 bits per heavy atom. The van der Waals surface area contributed by atoms with Crippen molar-refractivity contribution >= 4 is 6.09 Å². The molecule has 126 valence electrons. The molecule has 1 aromatic rings. The summed E-state index contributed by atoms with van der Waals surface area (Å²) in [4.78, 5) is 16.4. The average molecular weight is 316 g/mol. The van der Waals surface area contributed by atoms with Crippen LogP contribution in [0, 0.1) is 0 Å². The molecule has 1 heterocycles. The molecule has 0 spiro atoms. The number of ether oxygens (including phenoxy) is 1. The number of amides is 1. The van der Waals surface area contributed by atoms with E-state index >= 15 is 0 Å². The monoisotopic (exact) mass is 316 g/mol. The Balaban J connectivity index is 2.04. The lowest BCUT2D eigenvalue weighted by Gasteiger charge is -2.34. The summed E-state index contributed by atoms with van der Waals surface area (Å²) in [5.41, 5.74) is 3.15. The van der Waals surface area contributed by atoms with Gasteiger partial charge in [0.2, 0.25) is 0 Å². The first-order chi connectivity index (χ1) is 10.8. The fourth-order valence-electron chi connectivity index (χ4n) is 2.71. The van der Waals surface area contributed by atoms with E-state index in [0.717, 1.165) is 31.8 Å². The number of likely N-dealkylation sites (N-methyl/N-ethyl adjacent to an activating group) is 1. The summed E-state index contributed by atoms with van der Waals surface area (Å²) in [6.07, 6.45) is 0.698. The van der Waals surface area contributed by atoms with Crippen molar-refractivity contribution in [1.29, 1.82) is 0 Å². The van der Waals surface area contributed by atoms with Crippen molar-refractivity contribution in [2.75, 3.05) is 20.1 Å². The van der Waals surface area contributed by atoms with Crippen LogP contribution in [0.5, 0.6) is 0 Å². The third kappa shape index (κ3) is 5.10. The van der Waals surface area contributed by atoms with Gasteiger partial charge in [-0.15, -0.1) is 0 Å². The second kappa shape index (κ2) is 7.18. The second-order valence-electron chi connectivity index (χ2n) is 7.21. The number of carbonyl (C=O) groups excluding carboxylic acids is 1. The minimum Gasteiger partial charge on any atom is -0.443 e. The molecule has 0 atom stereocenters. The number of benzene rings is 1. The molecule has 23 heavy (non-hydrogen) atoms. The van der Waals surface area contributed by atoms with Crippen LogP contribution >= 0.6 is 0 Å². The number of carbonyl (C=O) groups is 1. The Morgan fingerprint density at radius 1 is 1.26 bits per heavy atom. The zero-order valence-corrected chi connectivity index (χ0v) is 14.9. The molecule has 0 bridgehead atoms. The molecule has 0 aliphatic carbocycles. The molecule has 1 amide bonds. The maximum Gasteiger partial charge on any atom is 0.414 e. The van der Waals surface area contributed by atoms with Gasteiger partial charge in [-0.1, -0.05) is 35.9 Å². The zero-order chi connectivity index (χ0) is 17.0. The summed E-state index contributed by atoms with van der Waals surface area (Å²) < 4.78 is 5.49. The van der Waals surface area contributed by atoms with E-state index in [1.807, 2.05) is 26.8 Å². The highest BCUT2D eigenvalue weighted by atomic mass is 16.6. The van der Waals surface area contributed by atoms with Crippen molar-refractivity contribution in [2.24, 2.45) is 0 Å². The maximum atomic E-state index is 12.3. The lowest BCUT2D eigenvalue weighted by Crippen LogP contribution is -2.40. The van der Waals surface area contributed by atoms with Gasteiger partial charge in [0.25, 0.3) is 0 Å². The van der Waals surface area contributed by atoms with Crippen LogP contribution in [0.4, 0.5) is 4.79 Å². The first-order valence-electron chi connectivity index (χ1n) is 8.18. The molecule has 1 aromatic carbocycles. The van der Waals surface area contributed by atoms with Gasteiger partial charge in [-0.3, -0.25) is 9.80 Å². The highest BCUT2D eigenvalue weighted by Gasteiger charge is 2.26. The Bertz CT molecular complexity index is 573. The van der Waals surface area contributed by atoms with Gasteiger partial charge in [0.05, 0.1) is 0 Å². The van der Waals surface area contributed by atoms with Gasteiger partial charge in [0.1, 0.15) is 5.60 Å². The van der Waals surface area contributed by atoms with Crippen LogP contribution in [0.25, 0.3) is 0 Å². The molecule has 1 aliphatic heterocycles. The van der Waals surface area contributed by atoms with Gasteiger partial charge in [-0.25, -0.2) is 4.79 Å². The molecule has 0 aromatic heterocycles. The molecular weight excluding hydrogens is 288 g/mol. The van der Waals surface area contributed by atoms with Gasteiger partial charge in [0, 0.05) is 32.4 Å². The Kier molecular flexibility index (Phi) is 5.47. The SMILES string of the molecule is CC1=C(N(C)C(=O)OC(C)(C)C)CN(Cc2ccccc2)CC1. The number of rotatable bonds is 3. The predicted octanol–water partition coefficient (Wildman–Crippen LogP) is 4.03. The molecule has 0 radical (unpaired) electrons. The van der Waals surface area contributed by atoms with E-state index in [1.165, 1.54) is 11.1 Å². The van der Waals surface area contributed by atoms with Crippen molar-refractivity contribution < 1.29 is 9.53 Å². The van der Waals surface area contributed by atoms with Gasteiger partial charge in [0.15, 0.2) is 0 Å². The summed E-state index contributed by atoms with van der Waals surface area (Å²) in [6, 6.07) is 10.4. The van der Waals surface area contributed by atoms with E-state index in [9.17, 15) is 4.79 Å². The average Bonchev–Trinajstić information content (AvgIpc) is 2.48. The lowest BCUT2D eigenvalue weighted by molar-refractivity contribution is 0.0333. The molecule has 0 unspecified atom stereocenters. The molecule has 1 aliphatic rings. The van der Waals surface area contributed by atoms with E-state index in [2.05, 4.69) is 36.1 Å². The van der Waals surface area contributed by atoms with Crippen molar-refractivity contribution in [3.8, 4) is 0 Å². The maximum absolute atomic E-state index is 12.3. The standard InChI is InChI=1S/C19H28N2O2/c1-15-11-12-21(13-16-9-7-6-8-10-16)14-17(15)20(5)18(22)23-19(2,3)4/h6-10H,11-14H2,1-5H3. The third-order valence-corrected chi connectivity index (χ3v) is 3.99. The highest BCUT2D eigenvalue weighted by Crippen LogP contribution is 2.23. The van der Waals surface area contributed by atoms with Gasteiger partial charge in [-0.05, 0) is 39.7 Å². The first kappa shape index (κ1) is 17.5. The van der Waals surface area contributed by atoms with Gasteiger partial charge >= 0.3 is 6.09 Å². The molecule has 0 N–H and O–H groups in total. The molecule has 0 saturated carbocycles. The third-order valence-electron chi connectivity index (χ3n) is 3.99. The highest BCUT2D eigenvalue weighted by molar-refractivity contribution is 5.70. The fraction of sp³-hybridized carbons (Fsp3) is 0.526. The van der Waals surface area contributed by atoms with Crippen LogP contribution in [0.2, 0.25) is 0 Å². The molecule has 2 rings (SSSR count). The number of hydrogen-bond donors (Lipinski definition) is 0. The number of nitrogens with zero attached hydrogens (tertiary/aromatic N) is 2. The molecule has 4 heteroatoms. The van der Waals surface area contributed by atoms with E-state index < -0.39 is 5.60 Å². The van der Waals surface area contributed by atoms with E-state index in [0.29, 0.717) is 0 Å². The summed E-state index contributed by atoms with van der Waals surface area (Å²) in [7, 11) is 1.80. The van der Waals surface area contributed by atoms with Crippen LogP contribution in [-0.2, 0) is 11.3 Å². The zero-order valence-electron chi connectivity index (χ0n) is 14.9. The molecule has 4 nitrogen and oxygen atoms in total. The Morgan fingerprint density at radius 2 is 1.91 bits per heavy atom. The van der Waals surface area contributed by atoms with Gasteiger partial charge in [-0.2, -0.15) is 0 Å². The van der Waals surface area contributed by atoms with E-state index in [-0.39, 0.29) is 6.09 Å². The summed E-state index contributed by atoms with van der Waals surface area (Å²) in [5, 5.41) is 0. The minimum atomic E-state index is -0.474. The fourth-order valence-corrected chi connectivity index (χ4v) is 2.71. The summed E-state index contributed by atoms with van der Waals surface area (Å²) in [6.45, 7) is 10.5. The van der Waals surface area contributed by atoms with E-state index in [4.69, 9.17) is 4.74 Å². The van der Waals surface area contributed by atoms with Crippen LogP contribution < -0.4 is 0 Å². The van der Waals surface area contributed by atoms with Crippen LogP contribution in [-0.4, -0.2) is 41.6 Å². The molecule has 0 fully saturated rings. The minimum absolute atomic E-state index is 0.284. The van der Waals surface area contributed by atoms with Crippen LogP contribution in [0.15, 0.2) is 41.6 Å². The van der Waals surface area contributed by atoms with Crippen molar-refractivity contribution in [2.45, 2.75) is 46.3 Å². The second-order valence-corrected chi connectivity index (χ2v) is 7.21. The molecular formula is C19H28N2O2. The quantitative estimate of drug-likeness (QED) is 0.844. The predicted molar refractivity (Wildman–Crippen MR) is 93.0 cm³/mol. The summed E-state index contributed by atoms with van der Waals surface area (Å²) in [5.74, 6) is 0. The summed E-state index contributed by atoms with van der Waals surface area (Å²) >= 11 is 0. The van der Waals surface area contributed by atoms with E-state index in [1.54, 1.807) is 11.9 Å². The molecule has 0 saturated heterocycles. The van der Waals surface area contributed by atoms with Crippen LogP contribution in [0.3, 0.4) is 0 Å².